The van der Waals surface area contributed by atoms with Crippen molar-refractivity contribution in [1.82, 2.24) is 74.3 Å². The van der Waals surface area contributed by atoms with Crippen molar-refractivity contribution in [1.29, 1.82) is 0 Å². The Labute approximate surface area is 903 Å². The smallest absolute Gasteiger partial charge is 0.409 e. The number of halogens is 4. The van der Waals surface area contributed by atoms with Crippen LogP contribution in [0.3, 0.4) is 0 Å². The molecule has 23 rings (SSSR count). The molecule has 0 N–H and O–H groups in total. The van der Waals surface area contributed by atoms with Gasteiger partial charge in [-0.25, -0.2) is 9.59 Å². The molecule has 5 fully saturated rings. The third kappa shape index (κ3) is 25.3. The van der Waals surface area contributed by atoms with E-state index in [-0.39, 0.29) is 59.5 Å². The molecule has 5 aliphatic heterocycles. The summed E-state index contributed by atoms with van der Waals surface area (Å²) in [5.74, 6) is 3.32. The minimum Gasteiger partial charge on any atom is -0.619 e. The number of fused-ring (bicyclic) bond motifs is 10. The molecule has 13 aromatic rings. The number of pyridine rings is 13. The Kier molecular flexibility index (Phi) is 34.7. The number of hydrogen-bond donors (Lipinski definition) is 0. The Morgan fingerprint density at radius 1 is 0.275 bits per heavy atom. The van der Waals surface area contributed by atoms with Crippen LogP contribution in [-0.4, -0.2) is 183 Å². The van der Waals surface area contributed by atoms with Crippen LogP contribution in [0.15, 0.2) is 251 Å². The summed E-state index contributed by atoms with van der Waals surface area (Å²) in [5, 5.41) is 33.7. The molecule has 13 aromatic heterocycles. The van der Waals surface area contributed by atoms with E-state index >= 15 is 0 Å². The summed E-state index contributed by atoms with van der Waals surface area (Å²) in [6, 6.07) is 44.4. The van der Waals surface area contributed by atoms with Crippen LogP contribution in [0.4, 0.5) is 9.59 Å². The van der Waals surface area contributed by atoms with E-state index in [0.717, 1.165) is 271 Å². The number of aromatic nitrogens is 13. The second-order valence-corrected chi connectivity index (χ2v) is 44.1. The van der Waals surface area contributed by atoms with Gasteiger partial charge in [0.15, 0.2) is 37.2 Å². The van der Waals surface area contributed by atoms with Crippen molar-refractivity contribution in [2.75, 3.05) is 78.7 Å². The van der Waals surface area contributed by atoms with Crippen LogP contribution in [0.25, 0.3) is 0 Å². The first-order valence-corrected chi connectivity index (χ1v) is 55.8. The zero-order chi connectivity index (χ0) is 103. The first kappa shape index (κ1) is 105. The molecule has 0 aromatic carbocycles. The molecule has 28 nitrogen and oxygen atoms in total. The lowest BCUT2D eigenvalue weighted by molar-refractivity contribution is -0.605. The van der Waals surface area contributed by atoms with Gasteiger partial charge in [-0.2, -0.15) is 14.2 Å². The Morgan fingerprint density at radius 3 is 0.651 bits per heavy atom. The van der Waals surface area contributed by atoms with Gasteiger partial charge in [-0.05, 0) is 369 Å². The number of nitrogens with zero attached hydrogens (tertiary/aromatic N) is 18. The summed E-state index contributed by atoms with van der Waals surface area (Å²) in [4.78, 5) is 120. The van der Waals surface area contributed by atoms with E-state index in [1.807, 2.05) is 137 Å². The standard InChI is InChI=1S/C25H24Br2N4O2.C25H25BrN4O2.C25H26N4O2.C21H24BrN3O2.C21H25N3O2/c26-20-12-18-1-2-19-13-21(27)15-29-25(19)23(24(18)28-14-20)17-5-7-30(8-6-17)22(32)11-16-3-9-31(33)10-4-16;26-21-15-20-4-3-19-2-1-9-27-24(19)23(25(20)28-16-21)18-7-10-29(11-8-18)22(31)14-17-5-12-30(32)13-6-17;30-22(17-18-7-15-29(31)16-8-18)28-13-9-19(10-14-28)23-24-20(3-1-11-26-24)5-6-21-4-2-12-27-25(21)23;1-2-27-21(26)25-10-7-14(8-11-25)18-19-15(4-3-9-23-19)5-6-16-12-17(22)13-24-20(16)18;1-2-26-21(25)24-13-9-15(10-14-24)18-19-16(5-3-11-22-19)7-8-17-6-4-12-23-20(17)18/h3-4,9-10,12-15,17,23H,1-2,5-8,11H2;1-2,5-6,9,12-13,15-16,18,23H,3-4,7-8,10-11,14H2;1-4,7-8,11-12,15-16,19,23H,5-6,9-10,13-14,17H2;3-4,9,12-14,18H,2,5-8,10-11H2,1H3;3-6,11-12,15,18H,2,7-10,13-14H2,1H3. The maximum Gasteiger partial charge on any atom is 0.409 e. The quantitative estimate of drug-likeness (QED) is 0.0764. The van der Waals surface area contributed by atoms with Crippen molar-refractivity contribution in [2.45, 2.75) is 191 Å². The van der Waals surface area contributed by atoms with Gasteiger partial charge < -0.3 is 49.6 Å². The lowest BCUT2D eigenvalue weighted by Crippen LogP contribution is -2.41. The number of aryl methyl sites for hydroxylation is 10. The molecule has 5 saturated heterocycles. The first-order chi connectivity index (χ1) is 72.7. The van der Waals surface area contributed by atoms with Crippen LogP contribution >= 0.6 is 63.7 Å². The molecular weight excluding hydrogens is 2140 g/mol. The van der Waals surface area contributed by atoms with Crippen LogP contribution in [0.5, 0.6) is 0 Å². The number of likely N-dealkylation sites (tertiary alicyclic amines) is 5. The van der Waals surface area contributed by atoms with Crippen LogP contribution in [0.2, 0.25) is 0 Å². The highest BCUT2D eigenvalue weighted by Gasteiger charge is 2.43. The predicted octanol–water partition coefficient (Wildman–Crippen LogP) is 18.7. The third-order valence-corrected chi connectivity index (χ3v) is 33.3. The molecule has 0 spiro atoms. The lowest BCUT2D eigenvalue weighted by atomic mass is 9.78. The number of rotatable bonds is 13. The number of piperidine rings is 5. The zero-order valence-electron chi connectivity index (χ0n) is 84.1. The summed E-state index contributed by atoms with van der Waals surface area (Å²) in [6.45, 7) is 11.9. The Bertz CT molecular complexity index is 6730. The van der Waals surface area contributed by atoms with Crippen LogP contribution in [0.1, 0.15) is 237 Å². The van der Waals surface area contributed by atoms with Gasteiger partial charge in [-0.3, -0.25) is 64.2 Å². The Hall–Kier alpha value is -12.8. The van der Waals surface area contributed by atoms with Crippen molar-refractivity contribution in [3.05, 3.63) is 395 Å². The average Bonchev–Trinajstić information content (AvgIpc) is 1.90. The van der Waals surface area contributed by atoms with E-state index in [9.17, 15) is 39.6 Å². The van der Waals surface area contributed by atoms with E-state index < -0.39 is 0 Å². The Morgan fingerprint density at radius 2 is 0.456 bits per heavy atom. The van der Waals surface area contributed by atoms with E-state index in [4.69, 9.17) is 59.3 Å². The maximum atomic E-state index is 12.9. The number of ether oxygens (including phenoxy) is 2. The molecule has 0 radical (unpaired) electrons. The SMILES string of the molecule is CCOC(=O)N1CCC(C2c3ncccc3CCc3cc(Br)cnc32)CC1.CCOC(=O)N1CCC(C2c3ncccc3CCc3cccnc32)CC1.O=C(Cc1cc[n+]([O-])cc1)N1CCC(C2c3ncc(Br)cc3CCc3cc(Br)cnc32)CC1.O=C(Cc1cc[n+]([O-])cc1)N1CCC(C2c3ncccc3CCc3cc(Br)cnc32)CC1.O=C(Cc1cc[n+]([O-])cc1)N1CCC(C2c3ncccc3CCc3cccnc32)CC1. The summed E-state index contributed by atoms with van der Waals surface area (Å²) in [7, 11) is 0. The monoisotopic (exact) mass is 2260 g/mol. The number of hydrogen-bond acceptors (Lipinski definition) is 20. The zero-order valence-corrected chi connectivity index (χ0v) is 90.4. The highest BCUT2D eigenvalue weighted by molar-refractivity contribution is 9.11. The number of amides is 5. The van der Waals surface area contributed by atoms with Crippen molar-refractivity contribution in [3.63, 3.8) is 0 Å². The van der Waals surface area contributed by atoms with Crippen molar-refractivity contribution in [3.8, 4) is 0 Å². The second-order valence-electron chi connectivity index (χ2n) is 40.4. The molecule has 5 aliphatic carbocycles. The highest BCUT2D eigenvalue weighted by atomic mass is 79.9. The molecule has 0 bridgehead atoms. The molecule has 0 saturated carbocycles. The van der Waals surface area contributed by atoms with Gasteiger partial charge in [0.25, 0.3) is 0 Å². The molecule has 10 aliphatic rings. The fourth-order valence-corrected chi connectivity index (χ4v) is 25.5. The van der Waals surface area contributed by atoms with Gasteiger partial charge in [0, 0.05) is 211 Å². The van der Waals surface area contributed by atoms with Gasteiger partial charge in [0.05, 0.1) is 89.4 Å². The Balaban J connectivity index is 0.000000117. The van der Waals surface area contributed by atoms with E-state index in [0.29, 0.717) is 62.1 Å². The summed E-state index contributed by atoms with van der Waals surface area (Å²) in [6.07, 6.45) is 47.4. The predicted molar refractivity (Wildman–Crippen MR) is 577 cm³/mol. The van der Waals surface area contributed by atoms with Gasteiger partial charge in [0.1, 0.15) is 0 Å². The van der Waals surface area contributed by atoms with E-state index in [1.54, 1.807) is 36.4 Å². The minimum absolute atomic E-state index is 0.114. The van der Waals surface area contributed by atoms with Gasteiger partial charge >= 0.3 is 12.2 Å². The fraction of sp³-hybridized carbons (Fsp3) is 0.402. The summed E-state index contributed by atoms with van der Waals surface area (Å²) in [5.41, 5.74) is 27.3. The molecule has 2 atom stereocenters. The van der Waals surface area contributed by atoms with Gasteiger partial charge in [-0.15, -0.1) is 0 Å². The van der Waals surface area contributed by atoms with Crippen LogP contribution in [-0.2, 0) is 107 Å². The van der Waals surface area contributed by atoms with Crippen molar-refractivity contribution >= 4 is 93.6 Å². The van der Waals surface area contributed by atoms with Crippen molar-refractivity contribution in [2.24, 2.45) is 29.6 Å². The lowest BCUT2D eigenvalue weighted by Gasteiger charge is -2.36. The van der Waals surface area contributed by atoms with Gasteiger partial charge in [0.2, 0.25) is 17.7 Å². The van der Waals surface area contributed by atoms with Crippen LogP contribution < -0.4 is 14.2 Å². The number of carbonyl (C=O) groups is 5. The van der Waals surface area contributed by atoms with E-state index in [1.165, 1.54) is 121 Å². The normalized spacial score (nSPS) is 17.9. The van der Waals surface area contributed by atoms with E-state index in [2.05, 4.69) is 124 Å². The second kappa shape index (κ2) is 49.3. The summed E-state index contributed by atoms with van der Waals surface area (Å²) >= 11 is 14.3. The highest BCUT2D eigenvalue weighted by Crippen LogP contribution is 2.49. The minimum atomic E-state index is -0.196. The molecule has 149 heavy (non-hydrogen) atoms. The molecule has 32 heteroatoms. The third-order valence-electron chi connectivity index (χ3n) is 31.5. The summed E-state index contributed by atoms with van der Waals surface area (Å²) < 4.78 is 16.6. The van der Waals surface area contributed by atoms with Gasteiger partial charge in [-0.1, -0.05) is 36.4 Å². The first-order valence-electron chi connectivity index (χ1n) is 52.6. The molecule has 2 unspecified atom stereocenters. The maximum absolute atomic E-state index is 12.9. The molecule has 5 amide bonds. The van der Waals surface area contributed by atoms with Crippen molar-refractivity contribution < 1.29 is 47.6 Å². The molecule has 18 heterocycles. The average molecular weight is 2260 g/mol. The molecular formula is C117H124Br4N18O10. The topological polar surface area (TPSA) is 330 Å². The molecule has 770 valence electrons. The largest absolute Gasteiger partial charge is 0.619 e. The van der Waals surface area contributed by atoms with Crippen LogP contribution in [0, 0.1) is 45.2 Å². The number of carbonyl (C=O) groups excluding carboxylic acids is 5. The fourth-order valence-electron chi connectivity index (χ4n) is 24.0.